The number of nitrogens with zero attached hydrogens (tertiary/aromatic N) is 4. The van der Waals surface area contributed by atoms with Gasteiger partial charge in [0.15, 0.2) is 5.13 Å². The number of methoxy groups -OCH3 is 2. The van der Waals surface area contributed by atoms with Crippen LogP contribution in [0.25, 0.3) is 10.2 Å². The zero-order valence-electron chi connectivity index (χ0n) is 19.6. The Balaban J connectivity index is 1.54. The van der Waals surface area contributed by atoms with Gasteiger partial charge in [0, 0.05) is 30.8 Å². The summed E-state index contributed by atoms with van der Waals surface area (Å²) in [6.07, 6.45) is 3.76. The number of aromatic nitrogens is 2. The number of thiazole rings is 1. The highest BCUT2D eigenvalue weighted by molar-refractivity contribution is 7.22. The molecule has 1 fully saturated rings. The number of carbonyl (C=O) groups excluding carboxylic acids is 3. The van der Waals surface area contributed by atoms with Crippen molar-refractivity contribution in [2.24, 2.45) is 0 Å². The largest absolute Gasteiger partial charge is 0.495 e. The van der Waals surface area contributed by atoms with Crippen molar-refractivity contribution in [1.29, 1.82) is 0 Å². The van der Waals surface area contributed by atoms with Crippen LogP contribution in [0, 0.1) is 0 Å². The molecule has 2 aromatic heterocycles. The zero-order valence-corrected chi connectivity index (χ0v) is 20.4. The van der Waals surface area contributed by atoms with Crippen molar-refractivity contribution < 1.29 is 23.9 Å². The molecule has 1 aliphatic rings. The number of amides is 3. The van der Waals surface area contributed by atoms with E-state index in [4.69, 9.17) is 14.5 Å². The van der Waals surface area contributed by atoms with Crippen LogP contribution < -0.4 is 19.3 Å². The molecule has 3 heterocycles. The van der Waals surface area contributed by atoms with Crippen molar-refractivity contribution >= 4 is 50.1 Å². The second-order valence-electron chi connectivity index (χ2n) is 8.07. The SMILES string of the molecule is COc1ccc(OC)c2sc(N(Cc3cccnc3)C(=O)c3ccc(N4C(=O)CCC4=O)cc3)nc12. The van der Waals surface area contributed by atoms with Crippen molar-refractivity contribution in [3.8, 4) is 11.5 Å². The average Bonchev–Trinajstić information content (AvgIpc) is 3.50. The first kappa shape index (κ1) is 23.4. The topological polar surface area (TPSA) is 102 Å². The van der Waals surface area contributed by atoms with Gasteiger partial charge in [0.05, 0.1) is 26.5 Å². The molecule has 3 amide bonds. The maximum absolute atomic E-state index is 13.8. The van der Waals surface area contributed by atoms with Crippen LogP contribution in [0.5, 0.6) is 11.5 Å². The summed E-state index contributed by atoms with van der Waals surface area (Å²) in [5.41, 5.74) is 2.27. The summed E-state index contributed by atoms with van der Waals surface area (Å²) in [7, 11) is 3.15. The van der Waals surface area contributed by atoms with E-state index in [0.29, 0.717) is 33.4 Å². The lowest BCUT2D eigenvalue weighted by Crippen LogP contribution is -2.31. The molecule has 1 saturated heterocycles. The Bertz CT molecular complexity index is 1400. The highest BCUT2D eigenvalue weighted by Crippen LogP contribution is 2.40. The van der Waals surface area contributed by atoms with E-state index in [9.17, 15) is 14.4 Å². The second kappa shape index (κ2) is 9.74. The van der Waals surface area contributed by atoms with Gasteiger partial charge in [0.25, 0.3) is 5.91 Å². The maximum Gasteiger partial charge on any atom is 0.260 e. The summed E-state index contributed by atoms with van der Waals surface area (Å²) >= 11 is 1.32. The van der Waals surface area contributed by atoms with E-state index in [-0.39, 0.29) is 37.1 Å². The van der Waals surface area contributed by atoms with E-state index >= 15 is 0 Å². The molecule has 0 saturated carbocycles. The highest BCUT2D eigenvalue weighted by Gasteiger charge is 2.30. The molecule has 1 aliphatic heterocycles. The minimum atomic E-state index is -0.290. The van der Waals surface area contributed by atoms with Crippen LogP contribution >= 0.6 is 11.3 Å². The van der Waals surface area contributed by atoms with Gasteiger partial charge in [-0.25, -0.2) is 4.98 Å². The van der Waals surface area contributed by atoms with Crippen LogP contribution in [0.3, 0.4) is 0 Å². The first-order chi connectivity index (χ1) is 17.5. The Hall–Kier alpha value is -4.31. The van der Waals surface area contributed by atoms with Gasteiger partial charge < -0.3 is 9.47 Å². The third-order valence-corrected chi connectivity index (χ3v) is 6.96. The average molecular weight is 503 g/mol. The predicted octanol–water partition coefficient (Wildman–Crippen LogP) is 4.21. The van der Waals surface area contributed by atoms with Gasteiger partial charge in [-0.1, -0.05) is 17.4 Å². The molecule has 0 bridgehead atoms. The number of pyridine rings is 1. The van der Waals surface area contributed by atoms with Crippen molar-refractivity contribution in [3.05, 3.63) is 72.1 Å². The molecule has 0 N–H and O–H groups in total. The van der Waals surface area contributed by atoms with Gasteiger partial charge in [-0.15, -0.1) is 0 Å². The number of anilines is 2. The van der Waals surface area contributed by atoms with Crippen LogP contribution in [-0.2, 0) is 16.1 Å². The summed E-state index contributed by atoms with van der Waals surface area (Å²) in [5, 5.41) is 0.468. The molecule has 10 heteroatoms. The first-order valence-corrected chi connectivity index (χ1v) is 12.0. The second-order valence-corrected chi connectivity index (χ2v) is 9.04. The minimum Gasteiger partial charge on any atom is -0.495 e. The molecule has 182 valence electrons. The fourth-order valence-electron chi connectivity index (χ4n) is 4.06. The lowest BCUT2D eigenvalue weighted by Gasteiger charge is -2.20. The van der Waals surface area contributed by atoms with E-state index in [0.717, 1.165) is 15.2 Å². The molecule has 2 aromatic carbocycles. The van der Waals surface area contributed by atoms with Gasteiger partial charge in [-0.2, -0.15) is 0 Å². The molecule has 0 radical (unpaired) electrons. The van der Waals surface area contributed by atoms with E-state index in [2.05, 4.69) is 4.98 Å². The fourth-order valence-corrected chi connectivity index (χ4v) is 5.14. The Morgan fingerprint density at radius 1 is 1.00 bits per heavy atom. The summed E-state index contributed by atoms with van der Waals surface area (Å²) in [4.78, 5) is 49.6. The van der Waals surface area contributed by atoms with E-state index in [1.54, 1.807) is 74.0 Å². The molecule has 0 aliphatic carbocycles. The van der Waals surface area contributed by atoms with Crippen LogP contribution in [0.4, 0.5) is 10.8 Å². The number of rotatable bonds is 7. The molecule has 0 spiro atoms. The number of hydrogen-bond donors (Lipinski definition) is 0. The van der Waals surface area contributed by atoms with Crippen molar-refractivity contribution in [1.82, 2.24) is 9.97 Å². The Kier molecular flexibility index (Phi) is 6.34. The molecule has 4 aromatic rings. The number of benzene rings is 2. The number of hydrogen-bond acceptors (Lipinski definition) is 8. The molecule has 0 unspecified atom stereocenters. The number of fused-ring (bicyclic) bond motifs is 1. The molecule has 5 rings (SSSR count). The standard InChI is InChI=1S/C26H22N4O5S/c1-34-19-9-10-20(35-2)24-23(19)28-26(36-24)29(15-16-4-3-13-27-14-16)25(33)17-5-7-18(8-6-17)30-21(31)11-12-22(30)32/h3-10,13-14H,11-12,15H2,1-2H3. The smallest absolute Gasteiger partial charge is 0.260 e. The predicted molar refractivity (Wildman–Crippen MR) is 136 cm³/mol. The van der Waals surface area contributed by atoms with Gasteiger partial charge >= 0.3 is 0 Å². The first-order valence-electron chi connectivity index (χ1n) is 11.2. The fraction of sp³-hybridized carbons (Fsp3) is 0.192. The molecule has 9 nitrogen and oxygen atoms in total. The van der Waals surface area contributed by atoms with Gasteiger partial charge in [0.1, 0.15) is 21.7 Å². The number of imide groups is 1. The van der Waals surface area contributed by atoms with E-state index in [1.165, 1.54) is 11.3 Å². The lowest BCUT2D eigenvalue weighted by atomic mass is 10.1. The number of carbonyl (C=O) groups is 3. The maximum atomic E-state index is 13.8. The van der Waals surface area contributed by atoms with Gasteiger partial charge in [-0.3, -0.25) is 29.2 Å². The summed E-state index contributed by atoms with van der Waals surface area (Å²) in [6, 6.07) is 13.7. The van der Waals surface area contributed by atoms with E-state index < -0.39 is 0 Å². The Morgan fingerprint density at radius 3 is 2.33 bits per heavy atom. The van der Waals surface area contributed by atoms with Crippen molar-refractivity contribution in [2.75, 3.05) is 24.0 Å². The quantitative estimate of drug-likeness (QED) is 0.349. The molecule has 0 atom stereocenters. The summed E-state index contributed by atoms with van der Waals surface area (Å²) < 4.78 is 11.7. The van der Waals surface area contributed by atoms with Crippen molar-refractivity contribution in [2.45, 2.75) is 19.4 Å². The zero-order chi connectivity index (χ0) is 25.2. The third-order valence-electron chi connectivity index (χ3n) is 5.86. The summed E-state index contributed by atoms with van der Waals surface area (Å²) in [5.74, 6) is 0.435. The Labute approximate surface area is 210 Å². The molecular formula is C26H22N4O5S. The van der Waals surface area contributed by atoms with Crippen LogP contribution in [0.15, 0.2) is 60.9 Å². The third kappa shape index (κ3) is 4.27. The van der Waals surface area contributed by atoms with Crippen LogP contribution in [0.2, 0.25) is 0 Å². The normalized spacial score (nSPS) is 13.3. The minimum absolute atomic E-state index is 0.197. The molecule has 36 heavy (non-hydrogen) atoms. The monoisotopic (exact) mass is 502 g/mol. The molecular weight excluding hydrogens is 480 g/mol. The number of ether oxygens (including phenoxy) is 2. The highest BCUT2D eigenvalue weighted by atomic mass is 32.1. The van der Waals surface area contributed by atoms with Gasteiger partial charge in [-0.05, 0) is 48.0 Å². The van der Waals surface area contributed by atoms with Gasteiger partial charge in [0.2, 0.25) is 11.8 Å². The Morgan fingerprint density at radius 2 is 1.69 bits per heavy atom. The van der Waals surface area contributed by atoms with Crippen molar-refractivity contribution in [3.63, 3.8) is 0 Å². The van der Waals surface area contributed by atoms with E-state index in [1.807, 2.05) is 6.07 Å². The lowest BCUT2D eigenvalue weighted by molar-refractivity contribution is -0.121. The summed E-state index contributed by atoms with van der Waals surface area (Å²) in [6.45, 7) is 0.238. The van der Waals surface area contributed by atoms with Crippen LogP contribution in [-0.4, -0.2) is 41.9 Å². The van der Waals surface area contributed by atoms with Crippen LogP contribution in [0.1, 0.15) is 28.8 Å².